The van der Waals surface area contributed by atoms with Gasteiger partial charge < -0.3 is 38.3 Å². The number of phenolic OH excluding ortho intramolecular Hbond substituents is 1. The number of benzene rings is 1. The van der Waals surface area contributed by atoms with Crippen molar-refractivity contribution in [2.24, 2.45) is 28.7 Å². The quantitative estimate of drug-likeness (QED) is 0.333. The maximum Gasteiger partial charge on any atom is 0.312 e. The van der Waals surface area contributed by atoms with Gasteiger partial charge in [0.25, 0.3) is 5.78 Å². The molecular weight excluding hydrogens is 698 g/mol. The molecule has 1 aromatic rings. The number of ether oxygens (including phenoxy) is 7. The largest absolute Gasteiger partial charge is 0.507 e. The molecule has 0 saturated carbocycles. The number of Topliss-reactive ketones (excluding diaryl/α,β-unsaturated/α-hetero) is 2. The minimum absolute atomic E-state index is 0.0628. The van der Waals surface area contributed by atoms with Crippen molar-refractivity contribution in [3.8, 4) is 11.5 Å². The van der Waals surface area contributed by atoms with E-state index >= 15 is 0 Å². The Morgan fingerprint density at radius 3 is 2.20 bits per heavy atom. The van der Waals surface area contributed by atoms with E-state index < -0.39 is 64.9 Å². The highest BCUT2D eigenvalue weighted by molar-refractivity contribution is 6.30. The number of phenols is 1. The molecule has 1 aromatic carbocycles. The van der Waals surface area contributed by atoms with Crippen molar-refractivity contribution in [3.05, 3.63) is 70.2 Å². The third-order valence-electron chi connectivity index (χ3n) is 10.7. The van der Waals surface area contributed by atoms with Crippen molar-refractivity contribution in [1.82, 2.24) is 0 Å². The summed E-state index contributed by atoms with van der Waals surface area (Å²) < 4.78 is 42.3. The molecule has 9 atom stereocenters. The molecule has 0 radical (unpaired) electrons. The lowest BCUT2D eigenvalue weighted by atomic mass is 9.77. The van der Waals surface area contributed by atoms with Crippen molar-refractivity contribution in [1.29, 1.82) is 0 Å². The molecule has 9 unspecified atom stereocenters. The molecule has 54 heavy (non-hydrogen) atoms. The Balaban J connectivity index is 1.66. The van der Waals surface area contributed by atoms with Crippen LogP contribution in [0.4, 0.5) is 0 Å². The summed E-state index contributed by atoms with van der Waals surface area (Å²) in [6.07, 6.45) is 7.37. The molecule has 1 aliphatic carbocycles. The summed E-state index contributed by atoms with van der Waals surface area (Å²) in [6.45, 7) is 17.6. The topological polar surface area (TPSA) is 165 Å². The first-order valence-corrected chi connectivity index (χ1v) is 18.1. The maximum absolute atomic E-state index is 14.1. The van der Waals surface area contributed by atoms with Crippen molar-refractivity contribution < 1.29 is 57.4 Å². The molecule has 0 amide bonds. The highest BCUT2D eigenvalue weighted by atomic mass is 16.7. The van der Waals surface area contributed by atoms with E-state index in [-0.39, 0.29) is 63.5 Å². The number of hydrogen-bond donors (Lipinski definition) is 1. The van der Waals surface area contributed by atoms with Gasteiger partial charge in [-0.05, 0) is 33.8 Å². The second-order valence-corrected chi connectivity index (χ2v) is 15.1. The number of aromatic hydroxyl groups is 1. The fraction of sp³-hybridized carbons (Fsp3) is 0.537. The molecule has 1 saturated heterocycles. The number of carbonyl (C=O) groups is 4. The summed E-state index contributed by atoms with van der Waals surface area (Å²) in [5.74, 6) is -7.20. The molecule has 4 aliphatic heterocycles. The smallest absolute Gasteiger partial charge is 0.312 e. The van der Waals surface area contributed by atoms with E-state index in [0.29, 0.717) is 5.57 Å². The fourth-order valence-electron chi connectivity index (χ4n) is 7.86. The van der Waals surface area contributed by atoms with E-state index in [0.717, 1.165) is 6.08 Å². The van der Waals surface area contributed by atoms with Gasteiger partial charge in [0.05, 0.1) is 48.4 Å². The van der Waals surface area contributed by atoms with Crippen LogP contribution in [0.3, 0.4) is 0 Å². The highest BCUT2D eigenvalue weighted by Crippen LogP contribution is 2.48. The first-order valence-electron chi connectivity index (χ1n) is 18.1. The summed E-state index contributed by atoms with van der Waals surface area (Å²) >= 11 is 0. The molecule has 13 nitrogen and oxygen atoms in total. The van der Waals surface area contributed by atoms with Gasteiger partial charge in [-0.3, -0.25) is 19.2 Å². The number of carbonyl (C=O) groups excluding carboxylic acids is 4. The third kappa shape index (κ3) is 7.41. The lowest BCUT2D eigenvalue weighted by molar-refractivity contribution is -0.336. The van der Waals surface area contributed by atoms with Crippen LogP contribution in [-0.2, 0) is 33.2 Å². The predicted molar refractivity (Wildman–Crippen MR) is 197 cm³/mol. The lowest BCUT2D eigenvalue weighted by Gasteiger charge is -2.50. The minimum Gasteiger partial charge on any atom is -0.507 e. The van der Waals surface area contributed by atoms with Crippen molar-refractivity contribution in [2.75, 3.05) is 14.2 Å². The van der Waals surface area contributed by atoms with Crippen LogP contribution in [0.2, 0.25) is 0 Å². The number of allylic oxidation sites excluding steroid dienone is 4. The second kappa shape index (κ2) is 15.3. The zero-order valence-electron chi connectivity index (χ0n) is 33.0. The zero-order valence-corrected chi connectivity index (χ0v) is 33.0. The molecular formula is C41H51NO12. The third-order valence-corrected chi connectivity index (χ3v) is 10.7. The first-order chi connectivity index (χ1) is 25.3. The van der Waals surface area contributed by atoms with Gasteiger partial charge in [-0.1, -0.05) is 45.9 Å². The van der Waals surface area contributed by atoms with Crippen LogP contribution in [0.1, 0.15) is 99.0 Å². The van der Waals surface area contributed by atoms with Gasteiger partial charge in [-0.25, -0.2) is 4.99 Å². The normalized spacial score (nSPS) is 32.6. The number of fused-ring (bicyclic) bond motifs is 9. The Hall–Kier alpha value is -4.59. The molecule has 0 aromatic heterocycles. The number of rotatable bonds is 2. The van der Waals surface area contributed by atoms with E-state index in [9.17, 15) is 24.3 Å². The zero-order chi connectivity index (χ0) is 40.0. The standard InChI is InChI=1S/C41H51NO12/c1-19-14-13-15-20(2)39(49-12)42-26-18-27(44)29-30(33(26)46)32(45)22(4)37-31(29)38(47)41(10,54-37)50-17-16-28(48-11)21(3)35(51-25(7)43)24(6)36-23(5)34(19)52-40(8,9)53-36/h13-19,21,23-24,28,34-36,45H,1-12H3. The molecule has 0 spiro atoms. The van der Waals surface area contributed by atoms with Gasteiger partial charge in [-0.2, -0.15) is 0 Å². The van der Waals surface area contributed by atoms with Gasteiger partial charge in [0, 0.05) is 61.8 Å². The summed E-state index contributed by atoms with van der Waals surface area (Å²) in [5.41, 5.74) is -0.503. The molecule has 13 heteroatoms. The summed E-state index contributed by atoms with van der Waals surface area (Å²) in [4.78, 5) is 58.6. The SMILES string of the molecule is COC1=NC2=CC(=O)c3c(c(O)c(C)c4c3C(=O)C(C)(OC=CC(OC)C(C)C(OC(C)=O)C(C)C3OC(C)(C)OC(C(C)C=CC=C1C)C3C)O4)C2=O. The van der Waals surface area contributed by atoms with Crippen LogP contribution >= 0.6 is 0 Å². The molecule has 5 aliphatic rings. The van der Waals surface area contributed by atoms with Crippen LogP contribution in [0, 0.1) is 30.6 Å². The van der Waals surface area contributed by atoms with Gasteiger partial charge in [-0.15, -0.1) is 0 Å². The van der Waals surface area contributed by atoms with Crippen LogP contribution in [0.25, 0.3) is 0 Å². The van der Waals surface area contributed by atoms with Crippen molar-refractivity contribution >= 4 is 29.2 Å². The first kappa shape index (κ1) is 40.6. The number of hydrogen-bond acceptors (Lipinski definition) is 13. The number of nitrogens with zero attached hydrogens (tertiary/aromatic N) is 1. The van der Waals surface area contributed by atoms with Gasteiger partial charge in [0.1, 0.15) is 23.3 Å². The number of aliphatic imine (C=N–C) groups is 1. The number of methoxy groups -OCH3 is 2. The average molecular weight is 750 g/mol. The molecule has 1 fully saturated rings. The van der Waals surface area contributed by atoms with Gasteiger partial charge in [0.15, 0.2) is 11.6 Å². The van der Waals surface area contributed by atoms with Crippen LogP contribution in [0.5, 0.6) is 11.5 Å². The Bertz CT molecular complexity index is 1890. The van der Waals surface area contributed by atoms with E-state index in [1.165, 1.54) is 41.3 Å². The Morgan fingerprint density at radius 2 is 1.57 bits per heavy atom. The van der Waals surface area contributed by atoms with E-state index in [1.54, 1.807) is 19.1 Å². The summed E-state index contributed by atoms with van der Waals surface area (Å²) in [5, 5.41) is 11.3. The average Bonchev–Trinajstić information content (AvgIpc) is 3.37. The van der Waals surface area contributed by atoms with Crippen LogP contribution in [-0.4, -0.2) is 84.5 Å². The van der Waals surface area contributed by atoms with E-state index in [1.807, 2.05) is 53.7 Å². The lowest BCUT2D eigenvalue weighted by Crippen LogP contribution is -2.56. The molecule has 7 bridgehead atoms. The Kier molecular flexibility index (Phi) is 11.5. The van der Waals surface area contributed by atoms with Crippen LogP contribution in [0.15, 0.2) is 52.9 Å². The highest BCUT2D eigenvalue weighted by Gasteiger charge is 2.52. The summed E-state index contributed by atoms with van der Waals surface area (Å²) in [7, 11) is 2.89. The minimum atomic E-state index is -1.98. The van der Waals surface area contributed by atoms with Gasteiger partial charge in [0.2, 0.25) is 11.7 Å². The second-order valence-electron chi connectivity index (χ2n) is 15.1. The fourth-order valence-corrected chi connectivity index (χ4v) is 7.86. The van der Waals surface area contributed by atoms with E-state index in [4.69, 9.17) is 33.2 Å². The molecule has 4 heterocycles. The van der Waals surface area contributed by atoms with Crippen molar-refractivity contribution in [2.45, 2.75) is 105 Å². The summed E-state index contributed by atoms with van der Waals surface area (Å²) in [6, 6.07) is 0. The predicted octanol–water partition coefficient (Wildman–Crippen LogP) is 6.36. The van der Waals surface area contributed by atoms with Crippen molar-refractivity contribution in [3.63, 3.8) is 0 Å². The van der Waals surface area contributed by atoms with Gasteiger partial charge >= 0.3 is 11.8 Å². The molecule has 6 rings (SSSR count). The Morgan fingerprint density at radius 1 is 0.907 bits per heavy atom. The molecule has 1 N–H and O–H groups in total. The van der Waals surface area contributed by atoms with E-state index in [2.05, 4.69) is 4.99 Å². The monoisotopic (exact) mass is 749 g/mol. The van der Waals surface area contributed by atoms with Crippen LogP contribution < -0.4 is 4.74 Å². The Labute approximate surface area is 316 Å². The molecule has 292 valence electrons. The number of esters is 1. The maximum atomic E-state index is 14.1. The number of ketones is 3.